The van der Waals surface area contributed by atoms with E-state index < -0.39 is 0 Å². The first-order valence-electron chi connectivity index (χ1n) is 13.0. The molecule has 3 atom stereocenters. The van der Waals surface area contributed by atoms with Crippen molar-refractivity contribution in [3.63, 3.8) is 0 Å². The Morgan fingerprint density at radius 1 is 1.33 bits per heavy atom. The Bertz CT molecular complexity index is 1010. The Kier molecular flexibility index (Phi) is 11.1. The second kappa shape index (κ2) is 13.8. The zero-order chi connectivity index (χ0) is 26.8. The molecule has 1 aromatic rings. The number of rotatable bonds is 13. The van der Waals surface area contributed by atoms with Crippen LogP contribution in [-0.2, 0) is 23.1 Å². The fourth-order valence-corrected chi connectivity index (χ4v) is 4.79. The van der Waals surface area contributed by atoms with Crippen LogP contribution in [0.3, 0.4) is 0 Å². The van der Waals surface area contributed by atoms with Gasteiger partial charge in [0.25, 0.3) is 0 Å². The van der Waals surface area contributed by atoms with Gasteiger partial charge in [-0.25, -0.2) is 4.98 Å². The van der Waals surface area contributed by atoms with Gasteiger partial charge < -0.3 is 19.7 Å². The number of carbonyl (C=O) groups is 2. The fourth-order valence-electron chi connectivity index (χ4n) is 4.79. The van der Waals surface area contributed by atoms with Crippen molar-refractivity contribution in [1.29, 1.82) is 0 Å². The van der Waals surface area contributed by atoms with Crippen LogP contribution in [0.25, 0.3) is 5.70 Å². The zero-order valence-electron chi connectivity index (χ0n) is 23.1. The number of amides is 2. The summed E-state index contributed by atoms with van der Waals surface area (Å²) in [5, 5.41) is 3.60. The molecule has 1 saturated carbocycles. The molecule has 1 aliphatic carbocycles. The lowest BCUT2D eigenvalue weighted by Crippen LogP contribution is -2.36. The SMILES string of the molecule is C=CC(=O)N(C)C1CCC(N(C=O)/C=C(/N/C(=C/CC)C(=NC)C(C)CC)c2ncc(CC)n2C)C1. The molecule has 0 radical (unpaired) electrons. The summed E-state index contributed by atoms with van der Waals surface area (Å²) in [4.78, 5) is 37.2. The van der Waals surface area contributed by atoms with E-state index in [1.54, 1.807) is 16.8 Å². The molecule has 0 bridgehead atoms. The van der Waals surface area contributed by atoms with Gasteiger partial charge in [-0.1, -0.05) is 40.3 Å². The topological polar surface area (TPSA) is 82.8 Å². The summed E-state index contributed by atoms with van der Waals surface area (Å²) in [5.41, 5.74) is 3.78. The number of likely N-dealkylation sites (N-methyl/N-ethyl adjacent to an activating group) is 1. The van der Waals surface area contributed by atoms with E-state index in [1.807, 2.05) is 26.5 Å². The summed E-state index contributed by atoms with van der Waals surface area (Å²) in [7, 11) is 5.62. The lowest BCUT2D eigenvalue weighted by atomic mass is 9.99. The number of imidazole rings is 1. The molecule has 0 aromatic carbocycles. The largest absolute Gasteiger partial charge is 0.350 e. The number of hydrogen-bond acceptors (Lipinski definition) is 5. The smallest absolute Gasteiger partial charge is 0.245 e. The van der Waals surface area contributed by atoms with Gasteiger partial charge in [0.05, 0.1) is 17.1 Å². The Labute approximate surface area is 216 Å². The third-order valence-electron chi connectivity index (χ3n) is 7.23. The summed E-state index contributed by atoms with van der Waals surface area (Å²) in [6, 6.07) is 0.0650. The molecule has 3 unspecified atom stereocenters. The van der Waals surface area contributed by atoms with E-state index >= 15 is 0 Å². The molecular formula is C28H44N6O2. The van der Waals surface area contributed by atoms with E-state index in [9.17, 15) is 9.59 Å². The first-order valence-corrected chi connectivity index (χ1v) is 13.0. The Morgan fingerprint density at radius 2 is 2.03 bits per heavy atom. The van der Waals surface area contributed by atoms with Crippen LogP contribution in [0.5, 0.6) is 0 Å². The Balaban J connectivity index is 2.48. The van der Waals surface area contributed by atoms with Crippen LogP contribution in [0.1, 0.15) is 71.3 Å². The Hall–Kier alpha value is -3.16. The normalized spacial score (nSPS) is 19.7. The molecule has 0 spiro atoms. The highest BCUT2D eigenvalue weighted by atomic mass is 16.2. The molecule has 1 aromatic heterocycles. The third kappa shape index (κ3) is 6.74. The van der Waals surface area contributed by atoms with Crippen LogP contribution in [0.4, 0.5) is 0 Å². The first kappa shape index (κ1) is 29.1. The van der Waals surface area contributed by atoms with Gasteiger partial charge >= 0.3 is 0 Å². The highest BCUT2D eigenvalue weighted by Gasteiger charge is 2.32. The van der Waals surface area contributed by atoms with E-state index in [0.717, 1.165) is 67.1 Å². The summed E-state index contributed by atoms with van der Waals surface area (Å²) < 4.78 is 2.06. The number of aliphatic imine (C=N–C) groups is 1. The fraction of sp³-hybridized carbons (Fsp3) is 0.571. The van der Waals surface area contributed by atoms with Gasteiger partial charge in [-0.15, -0.1) is 0 Å². The van der Waals surface area contributed by atoms with Gasteiger partial charge in [-0.05, 0) is 50.5 Å². The quantitative estimate of drug-likeness (QED) is 0.251. The maximum absolute atomic E-state index is 12.3. The maximum atomic E-state index is 12.3. The third-order valence-corrected chi connectivity index (χ3v) is 7.23. The molecule has 0 saturated heterocycles. The number of nitrogens with zero attached hydrogens (tertiary/aromatic N) is 5. The number of aromatic nitrogens is 2. The standard InChI is InChI=1S/C28H44N6O2/c1-9-13-24(27(29-6)20(5)10-2)31-25(28-30-17-21(11-3)33(28)8)18-34(19-35)23-15-14-22(16-23)32(7)26(36)12-4/h12-13,17-20,22-23,31H,4,9-11,14-16H2,1-3,5-8H3/b24-13+,25-18+,29-27?. The second-order valence-corrected chi connectivity index (χ2v) is 9.42. The monoisotopic (exact) mass is 496 g/mol. The number of nitrogens with one attached hydrogen (secondary N) is 1. The minimum atomic E-state index is -0.0953. The summed E-state index contributed by atoms with van der Waals surface area (Å²) >= 11 is 0. The minimum Gasteiger partial charge on any atom is -0.350 e. The number of hydrogen-bond donors (Lipinski definition) is 1. The van der Waals surface area contributed by atoms with Crippen molar-refractivity contribution >= 4 is 23.7 Å². The van der Waals surface area contributed by atoms with Crippen molar-refractivity contribution in [3.05, 3.63) is 48.3 Å². The molecule has 1 N–H and O–H groups in total. The van der Waals surface area contributed by atoms with Crippen molar-refractivity contribution in [3.8, 4) is 0 Å². The van der Waals surface area contributed by atoms with Gasteiger partial charge in [0.15, 0.2) is 5.82 Å². The van der Waals surface area contributed by atoms with Crippen LogP contribution in [0, 0.1) is 5.92 Å². The average Bonchev–Trinajstić information content (AvgIpc) is 3.52. The molecule has 8 heteroatoms. The molecule has 198 valence electrons. The second-order valence-electron chi connectivity index (χ2n) is 9.42. The molecule has 1 heterocycles. The summed E-state index contributed by atoms with van der Waals surface area (Å²) in [5.74, 6) is 0.945. The van der Waals surface area contributed by atoms with Crippen LogP contribution in [0.15, 0.2) is 41.8 Å². The predicted octanol–water partition coefficient (Wildman–Crippen LogP) is 4.31. The van der Waals surface area contributed by atoms with Crippen LogP contribution in [-0.4, -0.2) is 63.6 Å². The molecule has 1 fully saturated rings. The van der Waals surface area contributed by atoms with Gasteiger partial charge in [0, 0.05) is 51.3 Å². The highest BCUT2D eigenvalue weighted by molar-refractivity contribution is 6.02. The molecule has 36 heavy (non-hydrogen) atoms. The van der Waals surface area contributed by atoms with Crippen LogP contribution < -0.4 is 5.32 Å². The van der Waals surface area contributed by atoms with Crippen molar-refractivity contribution in [2.45, 2.75) is 78.3 Å². The first-order chi connectivity index (χ1) is 17.3. The van der Waals surface area contributed by atoms with Gasteiger partial charge in [-0.2, -0.15) is 0 Å². The van der Waals surface area contributed by atoms with Crippen LogP contribution in [0.2, 0.25) is 0 Å². The predicted molar refractivity (Wildman–Crippen MR) is 147 cm³/mol. The Morgan fingerprint density at radius 3 is 2.56 bits per heavy atom. The highest BCUT2D eigenvalue weighted by Crippen LogP contribution is 2.28. The lowest BCUT2D eigenvalue weighted by Gasteiger charge is -2.26. The maximum Gasteiger partial charge on any atom is 0.245 e. The molecule has 2 rings (SSSR count). The minimum absolute atomic E-state index is 0.0113. The van der Waals surface area contributed by atoms with Crippen molar-refractivity contribution in [2.24, 2.45) is 18.0 Å². The van der Waals surface area contributed by atoms with E-state index in [1.165, 1.54) is 6.08 Å². The van der Waals surface area contributed by atoms with E-state index in [4.69, 9.17) is 4.98 Å². The van der Waals surface area contributed by atoms with Crippen LogP contribution >= 0.6 is 0 Å². The van der Waals surface area contributed by atoms with Crippen molar-refractivity contribution in [2.75, 3.05) is 14.1 Å². The molecule has 2 amide bonds. The average molecular weight is 497 g/mol. The van der Waals surface area contributed by atoms with Gasteiger partial charge in [-0.3, -0.25) is 14.6 Å². The number of carbonyl (C=O) groups excluding carboxylic acids is 2. The molecule has 0 aliphatic heterocycles. The zero-order valence-corrected chi connectivity index (χ0v) is 23.1. The van der Waals surface area contributed by atoms with E-state index in [2.05, 4.69) is 55.2 Å². The van der Waals surface area contributed by atoms with Crippen molar-refractivity contribution < 1.29 is 9.59 Å². The number of allylic oxidation sites excluding steroid dienone is 2. The van der Waals surface area contributed by atoms with Gasteiger partial charge in [0.1, 0.15) is 0 Å². The lowest BCUT2D eigenvalue weighted by molar-refractivity contribution is -0.126. The summed E-state index contributed by atoms with van der Waals surface area (Å²) in [6.07, 6.45) is 13.1. The van der Waals surface area contributed by atoms with E-state index in [-0.39, 0.29) is 23.9 Å². The van der Waals surface area contributed by atoms with E-state index in [0.29, 0.717) is 6.42 Å². The molecule has 1 aliphatic rings. The van der Waals surface area contributed by atoms with Gasteiger partial charge in [0.2, 0.25) is 12.3 Å². The number of aryl methyl sites for hydroxylation is 1. The molecule has 8 nitrogen and oxygen atoms in total. The summed E-state index contributed by atoms with van der Waals surface area (Å²) in [6.45, 7) is 12.1. The molecular weight excluding hydrogens is 452 g/mol. The van der Waals surface area contributed by atoms with Crippen molar-refractivity contribution in [1.82, 2.24) is 24.7 Å².